The van der Waals surface area contributed by atoms with Crippen molar-refractivity contribution in [3.63, 3.8) is 0 Å². The van der Waals surface area contributed by atoms with E-state index in [0.717, 1.165) is 25.9 Å². The van der Waals surface area contributed by atoms with Crippen molar-refractivity contribution in [3.05, 3.63) is 42.2 Å². The minimum absolute atomic E-state index is 0.253. The molecule has 1 aliphatic carbocycles. The van der Waals surface area contributed by atoms with E-state index in [1.807, 2.05) is 18.5 Å². The molecule has 0 atom stereocenters. The van der Waals surface area contributed by atoms with Crippen LogP contribution >= 0.6 is 0 Å². The molecule has 0 fully saturated rings. The van der Waals surface area contributed by atoms with Crippen LogP contribution in [0.5, 0.6) is 0 Å². The molecule has 0 unspecified atom stereocenters. The molecule has 0 amide bonds. The minimum Gasteiger partial charge on any atom is -0.316 e. The highest BCUT2D eigenvalue weighted by molar-refractivity contribution is 5.28. The predicted octanol–water partition coefficient (Wildman–Crippen LogP) is 2.67. The van der Waals surface area contributed by atoms with Crippen LogP contribution in [-0.2, 0) is 5.41 Å². The summed E-state index contributed by atoms with van der Waals surface area (Å²) >= 11 is 0. The second-order valence-corrected chi connectivity index (χ2v) is 4.58. The van der Waals surface area contributed by atoms with Gasteiger partial charge in [-0.1, -0.05) is 25.1 Å². The maximum atomic E-state index is 4.25. The first-order valence-electron chi connectivity index (χ1n) is 6.14. The molecule has 0 aliphatic heterocycles. The Morgan fingerprint density at radius 1 is 1.38 bits per heavy atom. The van der Waals surface area contributed by atoms with E-state index in [1.54, 1.807) is 0 Å². The second-order valence-electron chi connectivity index (χ2n) is 4.58. The topological polar surface area (TPSA) is 24.9 Å². The van der Waals surface area contributed by atoms with Gasteiger partial charge < -0.3 is 5.32 Å². The maximum absolute atomic E-state index is 4.25. The van der Waals surface area contributed by atoms with Crippen LogP contribution in [0.2, 0.25) is 0 Å². The van der Waals surface area contributed by atoms with Crippen LogP contribution in [-0.4, -0.2) is 18.1 Å². The van der Waals surface area contributed by atoms with Gasteiger partial charge in [0.1, 0.15) is 0 Å². The van der Waals surface area contributed by atoms with E-state index >= 15 is 0 Å². The molecule has 0 bridgehead atoms. The Hall–Kier alpha value is -1.15. The summed E-state index contributed by atoms with van der Waals surface area (Å²) in [6.45, 7) is 4.36. The fourth-order valence-electron chi connectivity index (χ4n) is 2.36. The molecule has 0 saturated carbocycles. The number of nitrogens with one attached hydrogen (secondary N) is 1. The molecular formula is C14H20N2. The maximum Gasteiger partial charge on any atom is 0.0306 e. The molecule has 86 valence electrons. The molecule has 1 aromatic heterocycles. The number of aromatic nitrogens is 1. The lowest BCUT2D eigenvalue weighted by Gasteiger charge is -2.29. The molecule has 1 aromatic rings. The predicted molar refractivity (Wildman–Crippen MR) is 67.4 cm³/mol. The molecule has 0 aromatic carbocycles. The van der Waals surface area contributed by atoms with Crippen LogP contribution in [0.4, 0.5) is 0 Å². The largest absolute Gasteiger partial charge is 0.316 e. The van der Waals surface area contributed by atoms with E-state index in [1.165, 1.54) is 12.0 Å². The van der Waals surface area contributed by atoms with E-state index in [4.69, 9.17) is 0 Å². The summed E-state index contributed by atoms with van der Waals surface area (Å²) in [5.74, 6) is 0. The van der Waals surface area contributed by atoms with Gasteiger partial charge in [0.05, 0.1) is 0 Å². The zero-order valence-corrected chi connectivity index (χ0v) is 9.95. The van der Waals surface area contributed by atoms with Crippen LogP contribution in [0.25, 0.3) is 0 Å². The van der Waals surface area contributed by atoms with E-state index < -0.39 is 0 Å². The highest BCUT2D eigenvalue weighted by Gasteiger charge is 2.32. The summed E-state index contributed by atoms with van der Waals surface area (Å²) < 4.78 is 0. The van der Waals surface area contributed by atoms with Gasteiger partial charge in [-0.05, 0) is 37.4 Å². The highest BCUT2D eigenvalue weighted by atomic mass is 14.9. The van der Waals surface area contributed by atoms with Crippen molar-refractivity contribution in [2.75, 3.05) is 13.1 Å². The van der Waals surface area contributed by atoms with Crippen molar-refractivity contribution in [3.8, 4) is 0 Å². The number of allylic oxidation sites excluding steroid dienone is 2. The third-order valence-electron chi connectivity index (χ3n) is 3.35. The zero-order valence-electron chi connectivity index (χ0n) is 9.95. The quantitative estimate of drug-likeness (QED) is 0.604. The zero-order chi connectivity index (χ0) is 11.3. The van der Waals surface area contributed by atoms with Crippen molar-refractivity contribution >= 4 is 0 Å². The smallest absolute Gasteiger partial charge is 0.0306 e. The third-order valence-corrected chi connectivity index (χ3v) is 3.35. The summed E-state index contributed by atoms with van der Waals surface area (Å²) in [5, 5.41) is 3.55. The molecule has 0 saturated heterocycles. The second kappa shape index (κ2) is 5.26. The van der Waals surface area contributed by atoms with Gasteiger partial charge in [0.15, 0.2) is 0 Å². The molecular weight excluding hydrogens is 196 g/mol. The molecule has 0 radical (unpaired) electrons. The molecule has 1 N–H and O–H groups in total. The van der Waals surface area contributed by atoms with Gasteiger partial charge in [-0.15, -0.1) is 0 Å². The summed E-state index contributed by atoms with van der Waals surface area (Å²) in [4.78, 5) is 4.25. The summed E-state index contributed by atoms with van der Waals surface area (Å²) in [5.41, 5.74) is 1.62. The first kappa shape index (κ1) is 11.3. The Morgan fingerprint density at radius 2 is 2.19 bits per heavy atom. The SMILES string of the molecule is CCCNCC1(c2cccnc2)CC=CC1. The number of hydrogen-bond donors (Lipinski definition) is 1. The van der Waals surface area contributed by atoms with E-state index in [9.17, 15) is 0 Å². The monoisotopic (exact) mass is 216 g/mol. The molecule has 0 spiro atoms. The summed E-state index contributed by atoms with van der Waals surface area (Å²) in [7, 11) is 0. The summed E-state index contributed by atoms with van der Waals surface area (Å²) in [6.07, 6.45) is 11.9. The average Bonchev–Trinajstić information content (AvgIpc) is 2.81. The molecule has 16 heavy (non-hydrogen) atoms. The van der Waals surface area contributed by atoms with Gasteiger partial charge in [-0.2, -0.15) is 0 Å². The van der Waals surface area contributed by atoms with Gasteiger partial charge in [0.2, 0.25) is 0 Å². The first-order chi connectivity index (χ1) is 7.87. The van der Waals surface area contributed by atoms with Gasteiger partial charge in [0.25, 0.3) is 0 Å². The first-order valence-corrected chi connectivity index (χ1v) is 6.14. The van der Waals surface area contributed by atoms with E-state index in [0.29, 0.717) is 0 Å². The van der Waals surface area contributed by atoms with Crippen molar-refractivity contribution in [1.82, 2.24) is 10.3 Å². The Labute approximate surface area is 97.8 Å². The van der Waals surface area contributed by atoms with Gasteiger partial charge in [-0.3, -0.25) is 4.98 Å². The number of pyridine rings is 1. The number of rotatable bonds is 5. The summed E-state index contributed by atoms with van der Waals surface area (Å²) in [6, 6.07) is 4.24. The molecule has 2 heteroatoms. The molecule has 1 heterocycles. The Bertz CT molecular complexity index is 335. The van der Waals surface area contributed by atoms with Gasteiger partial charge in [-0.25, -0.2) is 0 Å². The average molecular weight is 216 g/mol. The minimum atomic E-state index is 0.253. The van der Waals surface area contributed by atoms with E-state index in [2.05, 4.69) is 35.4 Å². The van der Waals surface area contributed by atoms with Crippen molar-refractivity contribution in [2.24, 2.45) is 0 Å². The van der Waals surface area contributed by atoms with Crippen LogP contribution in [0, 0.1) is 0 Å². The van der Waals surface area contributed by atoms with Crippen LogP contribution in [0.3, 0.4) is 0 Å². The molecule has 2 rings (SSSR count). The normalized spacial score (nSPS) is 17.8. The number of hydrogen-bond acceptors (Lipinski definition) is 2. The van der Waals surface area contributed by atoms with Crippen LogP contribution < -0.4 is 5.32 Å². The fourth-order valence-corrected chi connectivity index (χ4v) is 2.36. The molecule has 1 aliphatic rings. The standard InChI is InChI=1S/C14H20N2/c1-2-9-16-12-14(7-3-4-8-14)13-6-5-10-15-11-13/h3-6,10-11,16H,2,7-9,12H2,1H3. The van der Waals surface area contributed by atoms with Gasteiger partial charge >= 0.3 is 0 Å². The van der Waals surface area contributed by atoms with Crippen molar-refractivity contribution in [2.45, 2.75) is 31.6 Å². The Kier molecular flexibility index (Phi) is 3.73. The van der Waals surface area contributed by atoms with Gasteiger partial charge in [0, 0.05) is 24.4 Å². The Morgan fingerprint density at radius 3 is 2.81 bits per heavy atom. The van der Waals surface area contributed by atoms with Crippen LogP contribution in [0.15, 0.2) is 36.7 Å². The van der Waals surface area contributed by atoms with Crippen molar-refractivity contribution < 1.29 is 0 Å². The third kappa shape index (κ3) is 2.33. The lowest BCUT2D eigenvalue weighted by molar-refractivity contribution is 0.418. The lowest BCUT2D eigenvalue weighted by atomic mass is 9.79. The Balaban J connectivity index is 2.10. The lowest BCUT2D eigenvalue weighted by Crippen LogP contribution is -2.36. The van der Waals surface area contributed by atoms with E-state index in [-0.39, 0.29) is 5.41 Å². The number of nitrogens with zero attached hydrogens (tertiary/aromatic N) is 1. The van der Waals surface area contributed by atoms with Crippen LogP contribution in [0.1, 0.15) is 31.7 Å². The fraction of sp³-hybridized carbons (Fsp3) is 0.500. The molecule has 2 nitrogen and oxygen atoms in total. The van der Waals surface area contributed by atoms with Crippen molar-refractivity contribution in [1.29, 1.82) is 0 Å². The highest BCUT2D eigenvalue weighted by Crippen LogP contribution is 2.36.